The number of rotatable bonds is 9. The number of anilines is 1. The van der Waals surface area contributed by atoms with Crippen molar-refractivity contribution in [3.05, 3.63) is 64.1 Å². The Balaban J connectivity index is 1.84. The highest BCUT2D eigenvalue weighted by molar-refractivity contribution is 9.10. The molecule has 6 nitrogen and oxygen atoms in total. The largest absolute Gasteiger partial charge is 0.455 e. The van der Waals surface area contributed by atoms with Crippen LogP contribution in [0.4, 0.5) is 5.69 Å². The molecule has 0 aromatic heterocycles. The molecule has 2 amide bonds. The normalized spacial score (nSPS) is 12.5. The zero-order valence-electron chi connectivity index (χ0n) is 17.4. The van der Waals surface area contributed by atoms with Crippen LogP contribution in [0.5, 0.6) is 0 Å². The van der Waals surface area contributed by atoms with Crippen LogP contribution in [0.1, 0.15) is 37.3 Å². The van der Waals surface area contributed by atoms with Crippen molar-refractivity contribution in [2.24, 2.45) is 5.92 Å². The summed E-state index contributed by atoms with van der Waals surface area (Å²) in [5, 5.41) is 5.21. The minimum Gasteiger partial charge on any atom is -0.455 e. The molecule has 7 heteroatoms. The SMILES string of the molecule is CC[C@@H](C)[C@@H](C(=O)OCC(=O)NCC(=O)Nc1ccc(Br)cc1C)c1ccccc1. The first kappa shape index (κ1) is 23.6. The van der Waals surface area contributed by atoms with E-state index in [1.165, 1.54) is 0 Å². The lowest BCUT2D eigenvalue weighted by atomic mass is 9.86. The van der Waals surface area contributed by atoms with Crippen LogP contribution in [-0.4, -0.2) is 30.9 Å². The topological polar surface area (TPSA) is 84.5 Å². The number of carbonyl (C=O) groups excluding carboxylic acids is 3. The van der Waals surface area contributed by atoms with Crippen LogP contribution in [0.15, 0.2) is 53.0 Å². The number of amides is 2. The molecule has 2 atom stereocenters. The van der Waals surface area contributed by atoms with E-state index in [0.717, 1.165) is 22.0 Å². The van der Waals surface area contributed by atoms with Gasteiger partial charge in [-0.25, -0.2) is 0 Å². The highest BCUT2D eigenvalue weighted by Gasteiger charge is 2.27. The molecule has 0 aliphatic carbocycles. The Labute approximate surface area is 185 Å². The van der Waals surface area contributed by atoms with Gasteiger partial charge in [0.05, 0.1) is 12.5 Å². The molecule has 2 rings (SSSR count). The maximum atomic E-state index is 12.6. The Morgan fingerprint density at radius 3 is 2.40 bits per heavy atom. The number of carbonyl (C=O) groups is 3. The molecule has 0 heterocycles. The molecule has 0 saturated carbocycles. The number of halogens is 1. The first-order valence-electron chi connectivity index (χ1n) is 9.86. The molecule has 0 spiro atoms. The molecule has 0 fully saturated rings. The fraction of sp³-hybridized carbons (Fsp3) is 0.348. The van der Waals surface area contributed by atoms with Crippen molar-refractivity contribution in [2.75, 3.05) is 18.5 Å². The van der Waals surface area contributed by atoms with Crippen LogP contribution in [-0.2, 0) is 19.1 Å². The van der Waals surface area contributed by atoms with Crippen molar-refractivity contribution in [1.82, 2.24) is 5.32 Å². The predicted molar refractivity (Wildman–Crippen MR) is 120 cm³/mol. The van der Waals surface area contributed by atoms with Gasteiger partial charge >= 0.3 is 5.97 Å². The average Bonchev–Trinajstić information content (AvgIpc) is 2.73. The third-order valence-electron chi connectivity index (χ3n) is 4.88. The van der Waals surface area contributed by atoms with Crippen LogP contribution in [0, 0.1) is 12.8 Å². The van der Waals surface area contributed by atoms with E-state index in [-0.39, 0.29) is 18.4 Å². The van der Waals surface area contributed by atoms with Gasteiger partial charge < -0.3 is 15.4 Å². The van der Waals surface area contributed by atoms with Gasteiger partial charge in [-0.1, -0.05) is 66.5 Å². The van der Waals surface area contributed by atoms with Crippen molar-refractivity contribution in [1.29, 1.82) is 0 Å². The molecule has 0 bridgehead atoms. The lowest BCUT2D eigenvalue weighted by Gasteiger charge is -2.21. The smallest absolute Gasteiger partial charge is 0.314 e. The molecule has 2 aromatic carbocycles. The van der Waals surface area contributed by atoms with Crippen LogP contribution < -0.4 is 10.6 Å². The van der Waals surface area contributed by atoms with Gasteiger partial charge in [0.1, 0.15) is 0 Å². The molecule has 0 aliphatic heterocycles. The van der Waals surface area contributed by atoms with Crippen LogP contribution in [0.3, 0.4) is 0 Å². The third-order valence-corrected chi connectivity index (χ3v) is 5.37. The van der Waals surface area contributed by atoms with Gasteiger partial charge in [-0.15, -0.1) is 0 Å². The van der Waals surface area contributed by atoms with E-state index in [1.807, 2.05) is 63.2 Å². The summed E-state index contributed by atoms with van der Waals surface area (Å²) >= 11 is 3.37. The number of esters is 1. The molecule has 0 radical (unpaired) electrons. The monoisotopic (exact) mass is 474 g/mol. The number of nitrogens with one attached hydrogen (secondary N) is 2. The minimum atomic E-state index is -0.526. The van der Waals surface area contributed by atoms with Gasteiger partial charge in [-0.2, -0.15) is 0 Å². The first-order chi connectivity index (χ1) is 14.3. The van der Waals surface area contributed by atoms with Gasteiger partial charge in [0.15, 0.2) is 6.61 Å². The highest BCUT2D eigenvalue weighted by atomic mass is 79.9. The van der Waals surface area contributed by atoms with E-state index in [1.54, 1.807) is 6.07 Å². The second-order valence-electron chi connectivity index (χ2n) is 7.17. The summed E-state index contributed by atoms with van der Waals surface area (Å²) in [5.74, 6) is -1.69. The van der Waals surface area contributed by atoms with Crippen molar-refractivity contribution in [2.45, 2.75) is 33.1 Å². The van der Waals surface area contributed by atoms with Crippen molar-refractivity contribution in [3.63, 3.8) is 0 Å². The van der Waals surface area contributed by atoms with Crippen LogP contribution in [0.25, 0.3) is 0 Å². The maximum Gasteiger partial charge on any atom is 0.314 e. The van der Waals surface area contributed by atoms with Gasteiger partial charge in [0, 0.05) is 10.2 Å². The first-order valence-corrected chi connectivity index (χ1v) is 10.6. The lowest BCUT2D eigenvalue weighted by Crippen LogP contribution is -2.36. The van der Waals surface area contributed by atoms with E-state index in [4.69, 9.17) is 4.74 Å². The molecule has 2 N–H and O–H groups in total. The van der Waals surface area contributed by atoms with Crippen molar-refractivity contribution in [3.8, 4) is 0 Å². The van der Waals surface area contributed by atoms with Gasteiger partial charge in [-0.05, 0) is 42.2 Å². The lowest BCUT2D eigenvalue weighted by molar-refractivity contribution is -0.151. The third kappa shape index (κ3) is 6.99. The standard InChI is InChI=1S/C23H27BrN2O4/c1-4-15(2)22(17-8-6-5-7-9-17)23(29)30-14-21(28)25-13-20(27)26-19-11-10-18(24)12-16(19)3/h5-12,15,22H,4,13-14H2,1-3H3,(H,25,28)(H,26,27)/t15-,22-/m1/s1. The molecule has 0 saturated heterocycles. The van der Waals surface area contributed by atoms with E-state index in [9.17, 15) is 14.4 Å². The van der Waals surface area contributed by atoms with E-state index in [0.29, 0.717) is 5.69 Å². The summed E-state index contributed by atoms with van der Waals surface area (Å²) < 4.78 is 6.15. The summed E-state index contributed by atoms with van der Waals surface area (Å²) in [6.45, 7) is 5.22. The average molecular weight is 475 g/mol. The predicted octanol–water partition coefficient (Wildman–Crippen LogP) is 4.19. The summed E-state index contributed by atoms with van der Waals surface area (Å²) in [5.41, 5.74) is 2.43. The Kier molecular flexibility index (Phi) is 9.05. The van der Waals surface area contributed by atoms with E-state index in [2.05, 4.69) is 26.6 Å². The highest BCUT2D eigenvalue weighted by Crippen LogP contribution is 2.28. The molecule has 0 unspecified atom stereocenters. The molecule has 0 aliphatic rings. The maximum absolute atomic E-state index is 12.6. The number of benzene rings is 2. The number of hydrogen-bond acceptors (Lipinski definition) is 4. The number of hydrogen-bond donors (Lipinski definition) is 2. The molecule has 2 aromatic rings. The van der Waals surface area contributed by atoms with Crippen molar-refractivity contribution < 1.29 is 19.1 Å². The van der Waals surface area contributed by atoms with Gasteiger partial charge in [0.2, 0.25) is 5.91 Å². The second-order valence-corrected chi connectivity index (χ2v) is 8.08. The van der Waals surface area contributed by atoms with Gasteiger partial charge in [-0.3, -0.25) is 14.4 Å². The fourth-order valence-electron chi connectivity index (χ4n) is 3.01. The van der Waals surface area contributed by atoms with Crippen LogP contribution in [0.2, 0.25) is 0 Å². The quantitative estimate of drug-likeness (QED) is 0.533. The van der Waals surface area contributed by atoms with Crippen LogP contribution >= 0.6 is 15.9 Å². The number of aryl methyl sites for hydroxylation is 1. The van der Waals surface area contributed by atoms with Crippen molar-refractivity contribution >= 4 is 39.4 Å². The van der Waals surface area contributed by atoms with E-state index >= 15 is 0 Å². The molecule has 160 valence electrons. The molecular formula is C23H27BrN2O4. The molecular weight excluding hydrogens is 448 g/mol. The van der Waals surface area contributed by atoms with E-state index < -0.39 is 24.4 Å². The minimum absolute atomic E-state index is 0.0721. The second kappa shape index (κ2) is 11.5. The zero-order chi connectivity index (χ0) is 22.1. The summed E-state index contributed by atoms with van der Waals surface area (Å²) in [7, 11) is 0. The Morgan fingerprint density at radius 2 is 1.77 bits per heavy atom. The Bertz CT molecular complexity index is 886. The van der Waals surface area contributed by atoms with Gasteiger partial charge in [0.25, 0.3) is 5.91 Å². The summed E-state index contributed by atoms with van der Waals surface area (Å²) in [6, 6.07) is 14.9. The Hall–Kier alpha value is -2.67. The summed E-state index contributed by atoms with van der Waals surface area (Å²) in [4.78, 5) is 36.7. The fourth-order valence-corrected chi connectivity index (χ4v) is 3.49. The summed E-state index contributed by atoms with van der Waals surface area (Å²) in [6.07, 6.45) is 0.802. The zero-order valence-corrected chi connectivity index (χ0v) is 19.0. The number of ether oxygens (including phenoxy) is 1. The molecule has 30 heavy (non-hydrogen) atoms. The Morgan fingerprint density at radius 1 is 1.07 bits per heavy atom.